The molecule has 0 spiro atoms. The van der Waals surface area contributed by atoms with E-state index in [0.29, 0.717) is 28.3 Å². The van der Waals surface area contributed by atoms with Gasteiger partial charge in [-0.05, 0) is 51.1 Å². The summed E-state index contributed by atoms with van der Waals surface area (Å²) in [5, 5.41) is 2.81. The second-order valence-corrected chi connectivity index (χ2v) is 5.59. The third kappa shape index (κ3) is 4.13. The fraction of sp³-hybridized carbons (Fsp3) is 0.263. The highest BCUT2D eigenvalue weighted by atomic mass is 16.5. The maximum atomic E-state index is 12.6. The Balaban J connectivity index is 2.37. The summed E-state index contributed by atoms with van der Waals surface area (Å²) in [6.07, 6.45) is -0.0601. The van der Waals surface area contributed by atoms with Crippen LogP contribution in [0, 0.1) is 0 Å². The van der Waals surface area contributed by atoms with E-state index in [1.807, 2.05) is 13.8 Å². The van der Waals surface area contributed by atoms with E-state index in [9.17, 15) is 9.59 Å². The molecule has 5 heteroatoms. The standard InChI is InChI=1S/C19H21NO4/c1-12(2)24-18-10-9-14(13(3)21)11-16(18)20-19(22)15-7-5-6-8-17(15)23-4/h5-12H,1-4H3,(H,20,22). The number of methoxy groups -OCH3 is 1. The first kappa shape index (κ1) is 17.5. The van der Waals surface area contributed by atoms with Gasteiger partial charge in [0.15, 0.2) is 5.78 Å². The first-order chi connectivity index (χ1) is 11.4. The Morgan fingerprint density at radius 2 is 1.75 bits per heavy atom. The van der Waals surface area contributed by atoms with Crippen molar-refractivity contribution in [2.75, 3.05) is 12.4 Å². The van der Waals surface area contributed by atoms with Crippen molar-refractivity contribution in [1.29, 1.82) is 0 Å². The van der Waals surface area contributed by atoms with E-state index in [0.717, 1.165) is 0 Å². The van der Waals surface area contributed by atoms with Crippen LogP contribution in [0.5, 0.6) is 11.5 Å². The molecule has 0 aliphatic rings. The van der Waals surface area contributed by atoms with Gasteiger partial charge < -0.3 is 14.8 Å². The second kappa shape index (κ2) is 7.64. The monoisotopic (exact) mass is 327 g/mol. The summed E-state index contributed by atoms with van der Waals surface area (Å²) in [5.41, 5.74) is 1.36. The van der Waals surface area contributed by atoms with Gasteiger partial charge in [-0.15, -0.1) is 0 Å². The van der Waals surface area contributed by atoms with Crippen molar-refractivity contribution < 1.29 is 19.1 Å². The molecule has 0 heterocycles. The number of ether oxygens (including phenoxy) is 2. The fourth-order valence-corrected chi connectivity index (χ4v) is 2.23. The van der Waals surface area contributed by atoms with Gasteiger partial charge in [0.1, 0.15) is 11.5 Å². The molecule has 1 amide bonds. The number of amides is 1. The maximum Gasteiger partial charge on any atom is 0.259 e. The number of para-hydroxylation sites is 1. The zero-order valence-electron chi connectivity index (χ0n) is 14.3. The Morgan fingerprint density at radius 1 is 1.04 bits per heavy atom. The number of carbonyl (C=O) groups excluding carboxylic acids is 2. The Kier molecular flexibility index (Phi) is 5.58. The van der Waals surface area contributed by atoms with E-state index in [1.54, 1.807) is 42.5 Å². The van der Waals surface area contributed by atoms with Gasteiger partial charge in [-0.3, -0.25) is 9.59 Å². The highest BCUT2D eigenvalue weighted by molar-refractivity contribution is 6.07. The molecule has 0 aliphatic carbocycles. The van der Waals surface area contributed by atoms with Gasteiger partial charge in [-0.2, -0.15) is 0 Å². The lowest BCUT2D eigenvalue weighted by molar-refractivity contribution is 0.100. The minimum Gasteiger partial charge on any atom is -0.496 e. The maximum absolute atomic E-state index is 12.6. The van der Waals surface area contributed by atoms with Crippen LogP contribution in [0.15, 0.2) is 42.5 Å². The van der Waals surface area contributed by atoms with Gasteiger partial charge in [-0.25, -0.2) is 0 Å². The van der Waals surface area contributed by atoms with Crippen LogP contribution in [0.3, 0.4) is 0 Å². The predicted octanol–water partition coefficient (Wildman–Crippen LogP) is 3.94. The third-order valence-corrected chi connectivity index (χ3v) is 3.35. The van der Waals surface area contributed by atoms with E-state index < -0.39 is 0 Å². The molecule has 0 aromatic heterocycles. The molecule has 0 saturated carbocycles. The van der Waals surface area contributed by atoms with Crippen molar-refractivity contribution in [2.45, 2.75) is 26.9 Å². The van der Waals surface area contributed by atoms with E-state index in [4.69, 9.17) is 9.47 Å². The van der Waals surface area contributed by atoms with Crippen molar-refractivity contribution in [1.82, 2.24) is 0 Å². The summed E-state index contributed by atoms with van der Waals surface area (Å²) in [5.74, 6) is 0.572. The van der Waals surface area contributed by atoms with Crippen molar-refractivity contribution in [3.8, 4) is 11.5 Å². The van der Waals surface area contributed by atoms with Gasteiger partial charge in [-0.1, -0.05) is 12.1 Å². The smallest absolute Gasteiger partial charge is 0.259 e. The topological polar surface area (TPSA) is 64.6 Å². The van der Waals surface area contributed by atoms with Crippen LogP contribution in [0.4, 0.5) is 5.69 Å². The minimum absolute atomic E-state index is 0.0601. The number of anilines is 1. The Bertz CT molecular complexity index is 753. The van der Waals surface area contributed by atoms with E-state index in [2.05, 4.69) is 5.32 Å². The molecule has 2 rings (SSSR count). The van der Waals surface area contributed by atoms with Gasteiger partial charge in [0.2, 0.25) is 0 Å². The van der Waals surface area contributed by atoms with Crippen LogP contribution in [-0.2, 0) is 0 Å². The Labute approximate surface area is 141 Å². The average Bonchev–Trinajstić information content (AvgIpc) is 2.55. The van der Waals surface area contributed by atoms with E-state index in [1.165, 1.54) is 14.0 Å². The fourth-order valence-electron chi connectivity index (χ4n) is 2.23. The summed E-state index contributed by atoms with van der Waals surface area (Å²) < 4.78 is 10.9. The summed E-state index contributed by atoms with van der Waals surface area (Å²) >= 11 is 0. The van der Waals surface area contributed by atoms with Crippen LogP contribution in [0.2, 0.25) is 0 Å². The lowest BCUT2D eigenvalue weighted by Crippen LogP contribution is -2.16. The highest BCUT2D eigenvalue weighted by Crippen LogP contribution is 2.28. The number of rotatable bonds is 6. The zero-order chi connectivity index (χ0) is 17.7. The lowest BCUT2D eigenvalue weighted by Gasteiger charge is -2.16. The van der Waals surface area contributed by atoms with Gasteiger partial charge in [0.25, 0.3) is 5.91 Å². The molecule has 0 bridgehead atoms. The largest absolute Gasteiger partial charge is 0.496 e. The minimum atomic E-state index is -0.332. The van der Waals surface area contributed by atoms with E-state index in [-0.39, 0.29) is 17.8 Å². The number of carbonyl (C=O) groups is 2. The molecule has 24 heavy (non-hydrogen) atoms. The molecular formula is C19H21NO4. The van der Waals surface area contributed by atoms with Gasteiger partial charge >= 0.3 is 0 Å². The first-order valence-corrected chi connectivity index (χ1v) is 7.68. The summed E-state index contributed by atoms with van der Waals surface area (Å²) in [7, 11) is 1.51. The SMILES string of the molecule is COc1ccccc1C(=O)Nc1cc(C(C)=O)ccc1OC(C)C. The molecule has 2 aromatic rings. The van der Waals surface area contributed by atoms with Crippen LogP contribution in [0.1, 0.15) is 41.5 Å². The average molecular weight is 327 g/mol. The highest BCUT2D eigenvalue weighted by Gasteiger charge is 2.16. The number of hydrogen-bond acceptors (Lipinski definition) is 4. The van der Waals surface area contributed by atoms with Gasteiger partial charge in [0, 0.05) is 5.56 Å². The molecule has 5 nitrogen and oxygen atoms in total. The van der Waals surface area contributed by atoms with Crippen molar-refractivity contribution in [3.63, 3.8) is 0 Å². The predicted molar refractivity (Wildman–Crippen MR) is 93.2 cm³/mol. The Hall–Kier alpha value is -2.82. The molecule has 0 fully saturated rings. The number of Topliss-reactive ketones (excluding diaryl/α,β-unsaturated/α-hetero) is 1. The number of hydrogen-bond donors (Lipinski definition) is 1. The van der Waals surface area contributed by atoms with Gasteiger partial charge in [0.05, 0.1) is 24.5 Å². The summed E-state index contributed by atoms with van der Waals surface area (Å²) in [6.45, 7) is 5.26. The number of ketones is 1. The quantitative estimate of drug-likeness (QED) is 0.816. The molecule has 0 unspecified atom stereocenters. The lowest BCUT2D eigenvalue weighted by atomic mass is 10.1. The first-order valence-electron chi connectivity index (χ1n) is 7.68. The Morgan fingerprint density at radius 3 is 2.38 bits per heavy atom. The molecule has 126 valence electrons. The number of benzene rings is 2. The van der Waals surface area contributed by atoms with Crippen LogP contribution in [0.25, 0.3) is 0 Å². The van der Waals surface area contributed by atoms with Crippen LogP contribution < -0.4 is 14.8 Å². The van der Waals surface area contributed by atoms with Crippen molar-refractivity contribution in [3.05, 3.63) is 53.6 Å². The summed E-state index contributed by atoms with van der Waals surface area (Å²) in [6, 6.07) is 11.9. The van der Waals surface area contributed by atoms with Crippen molar-refractivity contribution >= 4 is 17.4 Å². The second-order valence-electron chi connectivity index (χ2n) is 5.59. The molecule has 0 aliphatic heterocycles. The molecule has 2 aromatic carbocycles. The normalized spacial score (nSPS) is 10.4. The zero-order valence-corrected chi connectivity index (χ0v) is 14.3. The van der Waals surface area contributed by atoms with Crippen molar-refractivity contribution in [2.24, 2.45) is 0 Å². The van der Waals surface area contributed by atoms with E-state index >= 15 is 0 Å². The molecule has 0 saturated heterocycles. The molecule has 0 atom stereocenters. The molecular weight excluding hydrogens is 306 g/mol. The van der Waals surface area contributed by atoms with Crippen LogP contribution in [-0.4, -0.2) is 24.9 Å². The third-order valence-electron chi connectivity index (χ3n) is 3.35. The number of nitrogens with one attached hydrogen (secondary N) is 1. The molecule has 1 N–H and O–H groups in total. The summed E-state index contributed by atoms with van der Waals surface area (Å²) in [4.78, 5) is 24.2. The van der Waals surface area contributed by atoms with Crippen LogP contribution >= 0.6 is 0 Å². The molecule has 0 radical (unpaired) electrons.